The van der Waals surface area contributed by atoms with Gasteiger partial charge in [-0.05, 0) is 50.5 Å². The summed E-state index contributed by atoms with van der Waals surface area (Å²) in [5, 5.41) is 17.5. The van der Waals surface area contributed by atoms with Crippen molar-refractivity contribution in [3.8, 4) is 0 Å². The zero-order valence-electron chi connectivity index (χ0n) is 17.8. The molecule has 0 spiro atoms. The van der Waals surface area contributed by atoms with Crippen molar-refractivity contribution in [2.45, 2.75) is 38.1 Å². The number of primary amides is 1. The predicted molar refractivity (Wildman–Crippen MR) is 118 cm³/mol. The third-order valence-corrected chi connectivity index (χ3v) is 5.84. The van der Waals surface area contributed by atoms with Gasteiger partial charge in [-0.3, -0.25) is 9.59 Å². The Labute approximate surface area is 184 Å². The molecule has 1 aromatic heterocycles. The summed E-state index contributed by atoms with van der Waals surface area (Å²) in [6, 6.07) is 5.18. The summed E-state index contributed by atoms with van der Waals surface area (Å²) >= 11 is 0. The van der Waals surface area contributed by atoms with Gasteiger partial charge in [0.1, 0.15) is 11.4 Å². The number of carbonyl (C=O) groups excluding carboxylic acids is 2. The summed E-state index contributed by atoms with van der Waals surface area (Å²) in [6.45, 7) is 4.76. The van der Waals surface area contributed by atoms with Crippen LogP contribution in [0.1, 0.15) is 42.6 Å². The summed E-state index contributed by atoms with van der Waals surface area (Å²) in [5.41, 5.74) is 7.19. The predicted octanol–water partition coefficient (Wildman–Crippen LogP) is 1.79. The molecule has 2 aromatic rings. The molecule has 3 amide bonds. The van der Waals surface area contributed by atoms with Crippen LogP contribution in [-0.4, -0.2) is 52.1 Å². The molecular weight excluding hydrogens is 414 g/mol. The molecule has 11 heteroatoms. The van der Waals surface area contributed by atoms with Gasteiger partial charge in [-0.2, -0.15) is 4.98 Å². The lowest BCUT2D eigenvalue weighted by Gasteiger charge is -2.32. The highest BCUT2D eigenvalue weighted by Crippen LogP contribution is 2.39. The Morgan fingerprint density at radius 3 is 2.84 bits per heavy atom. The Kier molecular flexibility index (Phi) is 5.33. The van der Waals surface area contributed by atoms with E-state index in [4.69, 9.17) is 10.8 Å². The number of hydrogen-bond acceptors (Lipinski definition) is 7. The van der Waals surface area contributed by atoms with Crippen molar-refractivity contribution in [1.82, 2.24) is 15.3 Å². The zero-order chi connectivity index (χ0) is 23.0. The Balaban J connectivity index is 1.63. The van der Waals surface area contributed by atoms with Crippen LogP contribution in [0.5, 0.6) is 0 Å². The molecule has 6 N–H and O–H groups in total. The van der Waals surface area contributed by atoms with Gasteiger partial charge in [0.15, 0.2) is 0 Å². The molecule has 4 rings (SSSR count). The van der Waals surface area contributed by atoms with E-state index in [0.717, 1.165) is 24.1 Å². The van der Waals surface area contributed by atoms with Crippen molar-refractivity contribution in [2.75, 3.05) is 28.6 Å². The molecule has 2 aliphatic rings. The third-order valence-electron chi connectivity index (χ3n) is 5.84. The number of aromatic nitrogens is 2. The molecule has 1 unspecified atom stereocenters. The largest absolute Gasteiger partial charge is 0.465 e. The van der Waals surface area contributed by atoms with Crippen molar-refractivity contribution in [3.05, 3.63) is 35.5 Å². The lowest BCUT2D eigenvalue weighted by molar-refractivity contribution is -0.119. The zero-order valence-corrected chi connectivity index (χ0v) is 17.8. The molecule has 168 valence electrons. The number of anilines is 4. The molecule has 0 radical (unpaired) electrons. The molecule has 11 nitrogen and oxygen atoms in total. The Bertz CT molecular complexity index is 1100. The number of fused-ring (bicyclic) bond motifs is 1. The van der Waals surface area contributed by atoms with Crippen LogP contribution < -0.4 is 26.6 Å². The highest BCUT2D eigenvalue weighted by Gasteiger charge is 2.38. The minimum atomic E-state index is -1.07. The van der Waals surface area contributed by atoms with E-state index >= 15 is 0 Å². The number of rotatable bonds is 5. The van der Waals surface area contributed by atoms with Crippen molar-refractivity contribution < 1.29 is 19.5 Å². The summed E-state index contributed by atoms with van der Waals surface area (Å²) < 4.78 is 0. The molecule has 0 saturated carbocycles. The summed E-state index contributed by atoms with van der Waals surface area (Å²) in [7, 11) is 0. The topological polar surface area (TPSA) is 163 Å². The maximum Gasteiger partial charge on any atom is 0.404 e. The minimum Gasteiger partial charge on any atom is -0.465 e. The average molecular weight is 439 g/mol. The molecule has 0 bridgehead atoms. The van der Waals surface area contributed by atoms with Crippen molar-refractivity contribution >= 4 is 41.0 Å². The molecule has 1 fully saturated rings. The van der Waals surface area contributed by atoms with E-state index in [2.05, 4.69) is 25.9 Å². The quantitative estimate of drug-likeness (QED) is 0.471. The molecule has 1 aromatic carbocycles. The number of nitrogens with zero attached hydrogens (tertiary/aromatic N) is 3. The summed E-state index contributed by atoms with van der Waals surface area (Å²) in [4.78, 5) is 45.8. The second-order valence-electron chi connectivity index (χ2n) is 8.50. The first kappa shape index (κ1) is 21.3. The van der Waals surface area contributed by atoms with Crippen LogP contribution in [0.15, 0.2) is 24.4 Å². The lowest BCUT2D eigenvalue weighted by Crippen LogP contribution is -2.48. The number of nitrogens with two attached hydrogens (primary N) is 1. The first-order valence-corrected chi connectivity index (χ1v) is 10.3. The number of amides is 3. The van der Waals surface area contributed by atoms with Crippen LogP contribution in [0.25, 0.3) is 0 Å². The SMILES string of the molecule is CC1(C)C(=O)Nc2ccc(Nc3nc(N4CCCC(NC(=O)O)C4)ncc3C(N)=O)cc21. The number of hydrogen-bond donors (Lipinski definition) is 5. The lowest BCUT2D eigenvalue weighted by atomic mass is 9.86. The van der Waals surface area contributed by atoms with Crippen LogP contribution in [0, 0.1) is 0 Å². The maximum absolute atomic E-state index is 12.2. The molecular formula is C21H25N7O4. The van der Waals surface area contributed by atoms with Gasteiger partial charge in [0.05, 0.1) is 5.41 Å². The normalized spacial score (nSPS) is 19.1. The van der Waals surface area contributed by atoms with Crippen LogP contribution in [-0.2, 0) is 10.2 Å². The number of piperidine rings is 1. The monoisotopic (exact) mass is 439 g/mol. The van der Waals surface area contributed by atoms with E-state index in [1.54, 1.807) is 12.1 Å². The first-order valence-electron chi connectivity index (χ1n) is 10.3. The smallest absolute Gasteiger partial charge is 0.404 e. The number of carboxylic acid groups (broad SMARTS) is 1. The highest BCUT2D eigenvalue weighted by molar-refractivity contribution is 6.06. The van der Waals surface area contributed by atoms with E-state index in [-0.39, 0.29) is 23.3 Å². The molecule has 2 aliphatic heterocycles. The van der Waals surface area contributed by atoms with E-state index in [1.165, 1.54) is 6.20 Å². The molecule has 1 saturated heterocycles. The third kappa shape index (κ3) is 4.01. The van der Waals surface area contributed by atoms with Gasteiger partial charge in [-0.1, -0.05) is 0 Å². The fourth-order valence-corrected chi connectivity index (χ4v) is 4.04. The maximum atomic E-state index is 12.2. The van der Waals surface area contributed by atoms with Gasteiger partial charge in [0, 0.05) is 36.7 Å². The Morgan fingerprint density at radius 1 is 1.34 bits per heavy atom. The second kappa shape index (κ2) is 7.98. The van der Waals surface area contributed by atoms with E-state index in [9.17, 15) is 14.4 Å². The van der Waals surface area contributed by atoms with Gasteiger partial charge in [0.25, 0.3) is 5.91 Å². The Hall–Kier alpha value is -3.89. The first-order chi connectivity index (χ1) is 15.1. The fourth-order valence-electron chi connectivity index (χ4n) is 4.04. The standard InChI is InChI=1S/C21H25N7O4/c1-21(2)14-8-11(5-6-15(14)26-18(21)30)24-17-13(16(22)29)9-23-19(27-17)28-7-3-4-12(10-28)25-20(31)32/h5-6,8-9,12,25H,3-4,7,10H2,1-2H3,(H2,22,29)(H,26,30)(H,31,32)(H,23,24,27). The molecule has 0 aliphatic carbocycles. The second-order valence-corrected chi connectivity index (χ2v) is 8.50. The van der Waals surface area contributed by atoms with Gasteiger partial charge < -0.3 is 31.7 Å². The van der Waals surface area contributed by atoms with E-state index < -0.39 is 17.4 Å². The van der Waals surface area contributed by atoms with Crippen LogP contribution >= 0.6 is 0 Å². The van der Waals surface area contributed by atoms with E-state index in [1.807, 2.05) is 24.8 Å². The number of benzene rings is 1. The fraction of sp³-hybridized carbons (Fsp3) is 0.381. The van der Waals surface area contributed by atoms with Crippen molar-refractivity contribution in [2.24, 2.45) is 5.73 Å². The van der Waals surface area contributed by atoms with Gasteiger partial charge in [-0.25, -0.2) is 9.78 Å². The number of nitrogens with one attached hydrogen (secondary N) is 3. The van der Waals surface area contributed by atoms with Crippen LogP contribution in [0.4, 0.5) is 27.9 Å². The van der Waals surface area contributed by atoms with E-state index in [0.29, 0.717) is 24.7 Å². The molecule has 1 atom stereocenters. The highest BCUT2D eigenvalue weighted by atomic mass is 16.4. The van der Waals surface area contributed by atoms with Crippen LogP contribution in [0.2, 0.25) is 0 Å². The van der Waals surface area contributed by atoms with Crippen LogP contribution in [0.3, 0.4) is 0 Å². The molecule has 3 heterocycles. The van der Waals surface area contributed by atoms with Gasteiger partial charge >= 0.3 is 6.09 Å². The molecule has 32 heavy (non-hydrogen) atoms. The van der Waals surface area contributed by atoms with Crippen molar-refractivity contribution in [1.29, 1.82) is 0 Å². The van der Waals surface area contributed by atoms with Gasteiger partial charge in [0.2, 0.25) is 11.9 Å². The summed E-state index contributed by atoms with van der Waals surface area (Å²) in [5.74, 6) is -0.151. The Morgan fingerprint density at radius 2 is 2.12 bits per heavy atom. The number of carbonyl (C=O) groups is 3. The average Bonchev–Trinajstić information content (AvgIpc) is 2.96. The van der Waals surface area contributed by atoms with Gasteiger partial charge in [-0.15, -0.1) is 0 Å². The summed E-state index contributed by atoms with van der Waals surface area (Å²) in [6.07, 6.45) is 1.79. The van der Waals surface area contributed by atoms with Crippen molar-refractivity contribution in [3.63, 3.8) is 0 Å². The minimum absolute atomic E-state index is 0.0820.